The van der Waals surface area contributed by atoms with E-state index < -0.39 is 23.7 Å². The summed E-state index contributed by atoms with van der Waals surface area (Å²) in [7, 11) is 1.20. The van der Waals surface area contributed by atoms with Gasteiger partial charge in [-0.3, -0.25) is 19.4 Å². The molecule has 0 radical (unpaired) electrons. The highest BCUT2D eigenvalue weighted by Gasteiger charge is 2.42. The Morgan fingerprint density at radius 1 is 1.25 bits per heavy atom. The standard InChI is InChI=1S/C12H10FN3O3S/c1-15-10(17)11(18)16(12(15)19)5-6-2-7(9(14)20)4-8(13)3-6/h2-4H,5H2,1H3,(H2,14,20). The van der Waals surface area contributed by atoms with Crippen molar-refractivity contribution in [2.24, 2.45) is 5.73 Å². The van der Waals surface area contributed by atoms with E-state index in [1.165, 1.54) is 13.1 Å². The number of amides is 4. The van der Waals surface area contributed by atoms with Crippen molar-refractivity contribution < 1.29 is 18.8 Å². The van der Waals surface area contributed by atoms with Crippen LogP contribution in [0.15, 0.2) is 18.2 Å². The van der Waals surface area contributed by atoms with Crippen LogP contribution < -0.4 is 5.73 Å². The summed E-state index contributed by atoms with van der Waals surface area (Å²) >= 11 is 4.75. The first kappa shape index (κ1) is 14.1. The number of carbonyl (C=O) groups is 3. The van der Waals surface area contributed by atoms with Crippen molar-refractivity contribution in [1.29, 1.82) is 0 Å². The molecular weight excluding hydrogens is 285 g/mol. The number of benzene rings is 1. The summed E-state index contributed by atoms with van der Waals surface area (Å²) in [5.74, 6) is -2.45. The van der Waals surface area contributed by atoms with Crippen LogP contribution in [0.4, 0.5) is 9.18 Å². The summed E-state index contributed by atoms with van der Waals surface area (Å²) in [5.41, 5.74) is 6.02. The summed E-state index contributed by atoms with van der Waals surface area (Å²) < 4.78 is 13.4. The molecule has 104 valence electrons. The van der Waals surface area contributed by atoms with Crippen LogP contribution in [0.25, 0.3) is 0 Å². The van der Waals surface area contributed by atoms with E-state index in [2.05, 4.69) is 0 Å². The molecule has 1 aromatic carbocycles. The van der Waals surface area contributed by atoms with Crippen molar-refractivity contribution >= 4 is 35.1 Å². The lowest BCUT2D eigenvalue weighted by molar-refractivity contribution is -0.143. The van der Waals surface area contributed by atoms with Gasteiger partial charge in [-0.25, -0.2) is 9.18 Å². The molecule has 1 saturated heterocycles. The van der Waals surface area contributed by atoms with Crippen molar-refractivity contribution in [1.82, 2.24) is 9.80 Å². The largest absolute Gasteiger partial charge is 0.389 e. The van der Waals surface area contributed by atoms with Gasteiger partial charge in [-0.05, 0) is 23.8 Å². The minimum absolute atomic E-state index is 0.00183. The number of urea groups is 1. The molecule has 2 N–H and O–H groups in total. The van der Waals surface area contributed by atoms with Crippen LogP contribution in [0.3, 0.4) is 0 Å². The maximum atomic E-state index is 13.4. The summed E-state index contributed by atoms with van der Waals surface area (Å²) in [4.78, 5) is 36.1. The van der Waals surface area contributed by atoms with Gasteiger partial charge in [-0.15, -0.1) is 0 Å². The van der Waals surface area contributed by atoms with Gasteiger partial charge < -0.3 is 5.73 Å². The zero-order valence-electron chi connectivity index (χ0n) is 10.4. The minimum Gasteiger partial charge on any atom is -0.389 e. The van der Waals surface area contributed by atoms with Crippen molar-refractivity contribution in [3.8, 4) is 0 Å². The molecule has 0 saturated carbocycles. The van der Waals surface area contributed by atoms with Crippen LogP contribution in [0.2, 0.25) is 0 Å². The van der Waals surface area contributed by atoms with Gasteiger partial charge in [-0.1, -0.05) is 12.2 Å². The van der Waals surface area contributed by atoms with Crippen LogP contribution in [0, 0.1) is 5.82 Å². The number of nitrogens with zero attached hydrogens (tertiary/aromatic N) is 2. The number of thiocarbonyl (C=S) groups is 1. The molecule has 6 nitrogen and oxygen atoms in total. The number of hydrogen-bond donors (Lipinski definition) is 1. The fourth-order valence-electron chi connectivity index (χ4n) is 1.82. The van der Waals surface area contributed by atoms with Crippen molar-refractivity contribution in [2.45, 2.75) is 6.54 Å². The second-order valence-corrected chi connectivity index (χ2v) is 4.69. The normalized spacial score (nSPS) is 15.2. The Bertz CT molecular complexity index is 647. The van der Waals surface area contributed by atoms with Gasteiger partial charge in [0.2, 0.25) is 0 Å². The van der Waals surface area contributed by atoms with E-state index in [-0.39, 0.29) is 17.1 Å². The molecule has 8 heteroatoms. The van der Waals surface area contributed by atoms with E-state index in [0.29, 0.717) is 10.5 Å². The number of halogens is 1. The van der Waals surface area contributed by atoms with Gasteiger partial charge in [0.15, 0.2) is 0 Å². The molecule has 0 aromatic heterocycles. The SMILES string of the molecule is CN1C(=O)C(=O)N(Cc2cc(F)cc(C(N)=S)c2)C1=O. The maximum absolute atomic E-state index is 13.4. The molecule has 1 heterocycles. The number of hydrogen-bond acceptors (Lipinski definition) is 4. The molecule has 4 amide bonds. The Kier molecular flexibility index (Phi) is 3.49. The van der Waals surface area contributed by atoms with Crippen molar-refractivity contribution in [3.63, 3.8) is 0 Å². The Labute approximate surface area is 118 Å². The van der Waals surface area contributed by atoms with E-state index in [4.69, 9.17) is 18.0 Å². The lowest BCUT2D eigenvalue weighted by Crippen LogP contribution is -2.31. The summed E-state index contributed by atoms with van der Waals surface area (Å²) in [5, 5.41) is 0. The molecule has 2 rings (SSSR count). The molecule has 0 aliphatic carbocycles. The fraction of sp³-hybridized carbons (Fsp3) is 0.167. The molecule has 1 aliphatic rings. The monoisotopic (exact) mass is 295 g/mol. The van der Waals surface area contributed by atoms with E-state index in [1.54, 1.807) is 0 Å². The first-order valence-corrected chi connectivity index (χ1v) is 5.95. The number of imide groups is 2. The molecule has 1 aliphatic heterocycles. The zero-order chi connectivity index (χ0) is 15.0. The fourth-order valence-corrected chi connectivity index (χ4v) is 1.94. The molecule has 1 fully saturated rings. The first-order valence-electron chi connectivity index (χ1n) is 5.54. The van der Waals surface area contributed by atoms with Crippen molar-refractivity contribution in [2.75, 3.05) is 7.05 Å². The van der Waals surface area contributed by atoms with Crippen LogP contribution in [0.1, 0.15) is 11.1 Å². The van der Waals surface area contributed by atoms with Crippen LogP contribution in [0.5, 0.6) is 0 Å². The first-order chi connectivity index (χ1) is 9.31. The highest BCUT2D eigenvalue weighted by molar-refractivity contribution is 7.80. The van der Waals surface area contributed by atoms with Gasteiger partial charge >= 0.3 is 17.8 Å². The molecular formula is C12H10FN3O3S. The smallest absolute Gasteiger partial charge is 0.334 e. The van der Waals surface area contributed by atoms with Gasteiger partial charge in [0.05, 0.1) is 6.54 Å². The average Bonchev–Trinajstić information content (AvgIpc) is 2.56. The third kappa shape index (κ3) is 2.37. The molecule has 0 atom stereocenters. The molecule has 0 unspecified atom stereocenters. The lowest BCUT2D eigenvalue weighted by atomic mass is 10.1. The summed E-state index contributed by atoms with van der Waals surface area (Å²) in [6.07, 6.45) is 0. The third-order valence-electron chi connectivity index (χ3n) is 2.83. The third-order valence-corrected chi connectivity index (χ3v) is 3.07. The Morgan fingerprint density at radius 3 is 2.40 bits per heavy atom. The van der Waals surface area contributed by atoms with E-state index in [9.17, 15) is 18.8 Å². The predicted octanol–water partition coefficient (Wildman–Crippen LogP) is 0.381. The van der Waals surface area contributed by atoms with E-state index in [1.807, 2.05) is 0 Å². The predicted molar refractivity (Wildman–Crippen MR) is 71.0 cm³/mol. The van der Waals surface area contributed by atoms with Crippen molar-refractivity contribution in [3.05, 3.63) is 35.1 Å². The second kappa shape index (κ2) is 4.97. The highest BCUT2D eigenvalue weighted by atomic mass is 32.1. The van der Waals surface area contributed by atoms with Crippen LogP contribution in [-0.2, 0) is 16.1 Å². The van der Waals surface area contributed by atoms with Gasteiger partial charge in [-0.2, -0.15) is 0 Å². The molecule has 0 spiro atoms. The Balaban J connectivity index is 2.31. The topological polar surface area (TPSA) is 83.7 Å². The number of carbonyl (C=O) groups excluding carboxylic acids is 3. The van der Waals surface area contributed by atoms with Crippen LogP contribution in [-0.4, -0.2) is 39.7 Å². The number of nitrogens with two attached hydrogens (primary N) is 1. The Morgan fingerprint density at radius 2 is 1.90 bits per heavy atom. The van der Waals surface area contributed by atoms with E-state index in [0.717, 1.165) is 17.0 Å². The van der Waals surface area contributed by atoms with Gasteiger partial charge in [0.1, 0.15) is 10.8 Å². The summed E-state index contributed by atoms with van der Waals surface area (Å²) in [6, 6.07) is 3.01. The average molecular weight is 295 g/mol. The zero-order valence-corrected chi connectivity index (χ0v) is 11.2. The Hall–Kier alpha value is -2.35. The number of likely N-dealkylation sites (N-methyl/N-ethyl adjacent to an activating group) is 1. The summed E-state index contributed by atoms with van der Waals surface area (Å²) in [6.45, 7) is -0.221. The molecule has 20 heavy (non-hydrogen) atoms. The second-order valence-electron chi connectivity index (χ2n) is 4.25. The number of rotatable bonds is 3. The highest BCUT2D eigenvalue weighted by Crippen LogP contribution is 2.16. The molecule has 0 bridgehead atoms. The maximum Gasteiger partial charge on any atom is 0.334 e. The quantitative estimate of drug-likeness (QED) is 0.495. The molecule has 1 aromatic rings. The minimum atomic E-state index is -0.946. The van der Waals surface area contributed by atoms with Crippen LogP contribution >= 0.6 is 12.2 Å². The van der Waals surface area contributed by atoms with Gasteiger partial charge in [0, 0.05) is 12.6 Å². The van der Waals surface area contributed by atoms with Gasteiger partial charge in [0.25, 0.3) is 0 Å². The van der Waals surface area contributed by atoms with E-state index >= 15 is 0 Å². The lowest BCUT2D eigenvalue weighted by Gasteiger charge is -2.13.